The molecule has 0 aliphatic rings. The van der Waals surface area contributed by atoms with E-state index in [1.807, 2.05) is 6.92 Å². The topological polar surface area (TPSA) is 38.1 Å². The number of likely N-dealkylation sites (N-methyl/N-ethyl adjacent to an activating group) is 1. The summed E-state index contributed by atoms with van der Waals surface area (Å²) in [6.07, 6.45) is -2.39. The molecule has 1 heterocycles. The van der Waals surface area contributed by atoms with Crippen LogP contribution in [0.2, 0.25) is 0 Å². The average molecular weight is 284 g/mol. The van der Waals surface area contributed by atoms with Crippen molar-refractivity contribution in [3.63, 3.8) is 0 Å². The summed E-state index contributed by atoms with van der Waals surface area (Å²) in [6, 6.07) is 5.42. The Morgan fingerprint density at radius 2 is 2.00 bits per heavy atom. The minimum Gasteiger partial charge on any atom is -0.441 e. The Balaban J connectivity index is 2.33. The second-order valence-corrected chi connectivity index (χ2v) is 4.57. The van der Waals surface area contributed by atoms with Crippen molar-refractivity contribution in [1.29, 1.82) is 0 Å². The molecule has 6 heteroatoms. The second-order valence-electron chi connectivity index (χ2n) is 4.57. The van der Waals surface area contributed by atoms with E-state index in [2.05, 4.69) is 10.3 Å². The number of alkyl halides is 3. The molecule has 0 spiro atoms. The summed E-state index contributed by atoms with van der Waals surface area (Å²) in [6.45, 7) is 1.95. The van der Waals surface area contributed by atoms with Crippen molar-refractivity contribution < 1.29 is 17.6 Å². The number of hydrogen-bond donors (Lipinski definition) is 1. The van der Waals surface area contributed by atoms with Crippen LogP contribution in [0.15, 0.2) is 34.9 Å². The first-order valence-corrected chi connectivity index (χ1v) is 6.20. The van der Waals surface area contributed by atoms with Gasteiger partial charge >= 0.3 is 6.18 Å². The van der Waals surface area contributed by atoms with Crippen LogP contribution in [0.3, 0.4) is 0 Å². The highest BCUT2D eigenvalue weighted by Crippen LogP contribution is 2.36. The van der Waals surface area contributed by atoms with Gasteiger partial charge in [0.25, 0.3) is 0 Å². The third-order valence-electron chi connectivity index (χ3n) is 3.02. The van der Waals surface area contributed by atoms with E-state index in [0.717, 1.165) is 6.07 Å². The maximum absolute atomic E-state index is 12.9. The number of benzene rings is 1. The molecule has 1 aromatic carbocycles. The first-order valence-electron chi connectivity index (χ1n) is 6.20. The normalized spacial score (nSPS) is 13.4. The highest BCUT2D eigenvalue weighted by Gasteiger charge is 2.34. The predicted octanol–water partition coefficient (Wildman–Crippen LogP) is 3.51. The minimum absolute atomic E-state index is 0.00349. The molecule has 1 N–H and O–H groups in total. The number of halogens is 3. The van der Waals surface area contributed by atoms with E-state index in [0.29, 0.717) is 12.2 Å². The lowest BCUT2D eigenvalue weighted by Gasteiger charge is -2.10. The van der Waals surface area contributed by atoms with Gasteiger partial charge in [0.05, 0.1) is 11.8 Å². The molecule has 0 fully saturated rings. The molecule has 0 saturated carbocycles. The molecule has 0 bridgehead atoms. The molecule has 0 aliphatic carbocycles. The van der Waals surface area contributed by atoms with Gasteiger partial charge in [-0.3, -0.25) is 0 Å². The molecule has 20 heavy (non-hydrogen) atoms. The Hall–Kier alpha value is -1.82. The third-order valence-corrected chi connectivity index (χ3v) is 3.02. The molecule has 1 atom stereocenters. The summed E-state index contributed by atoms with van der Waals surface area (Å²) in [5, 5.41) is 3.03. The lowest BCUT2D eigenvalue weighted by atomic mass is 10.1. The molecule has 1 unspecified atom stereocenters. The number of nitrogens with one attached hydrogen (secondary N) is 1. The van der Waals surface area contributed by atoms with Crippen molar-refractivity contribution in [3.8, 4) is 11.5 Å². The smallest absolute Gasteiger partial charge is 0.417 e. The predicted molar refractivity (Wildman–Crippen MR) is 69.2 cm³/mol. The number of oxazole rings is 1. The van der Waals surface area contributed by atoms with Crippen molar-refractivity contribution in [2.24, 2.45) is 0 Å². The van der Waals surface area contributed by atoms with Crippen molar-refractivity contribution in [3.05, 3.63) is 41.8 Å². The van der Waals surface area contributed by atoms with E-state index in [1.165, 1.54) is 24.4 Å². The summed E-state index contributed by atoms with van der Waals surface area (Å²) < 4.78 is 44.2. The maximum atomic E-state index is 12.9. The number of rotatable bonds is 4. The Labute approximate surface area is 114 Å². The fourth-order valence-electron chi connectivity index (χ4n) is 1.85. The molecule has 108 valence electrons. The first-order chi connectivity index (χ1) is 9.41. The van der Waals surface area contributed by atoms with Crippen molar-refractivity contribution in [1.82, 2.24) is 10.3 Å². The molecule has 2 aromatic rings. The summed E-state index contributed by atoms with van der Waals surface area (Å²) in [4.78, 5) is 3.95. The fourth-order valence-corrected chi connectivity index (χ4v) is 1.85. The van der Waals surface area contributed by atoms with Gasteiger partial charge in [0.2, 0.25) is 5.89 Å². The highest BCUT2D eigenvalue weighted by molar-refractivity contribution is 5.59. The Morgan fingerprint density at radius 1 is 1.30 bits per heavy atom. The van der Waals surface area contributed by atoms with Gasteiger partial charge in [-0.05, 0) is 26.1 Å². The van der Waals surface area contributed by atoms with Crippen LogP contribution in [0.1, 0.15) is 18.2 Å². The quantitative estimate of drug-likeness (QED) is 0.933. The van der Waals surface area contributed by atoms with Crippen molar-refractivity contribution >= 4 is 0 Å². The molecule has 0 radical (unpaired) electrons. The van der Waals surface area contributed by atoms with E-state index >= 15 is 0 Å². The summed E-state index contributed by atoms with van der Waals surface area (Å²) in [5.41, 5.74) is -0.779. The van der Waals surface area contributed by atoms with Gasteiger partial charge in [0, 0.05) is 18.0 Å². The summed E-state index contributed by atoms with van der Waals surface area (Å²) in [7, 11) is 1.81. The molecule has 1 aromatic heterocycles. The van der Waals surface area contributed by atoms with E-state index in [-0.39, 0.29) is 17.5 Å². The SMILES string of the molecule is CNC(C)Cc1cnc(-c2ccccc2C(F)(F)F)o1. The number of nitrogens with zero attached hydrogens (tertiary/aromatic N) is 1. The molecular formula is C14H15F3N2O. The average Bonchev–Trinajstić information content (AvgIpc) is 2.86. The zero-order valence-corrected chi connectivity index (χ0v) is 11.2. The van der Waals surface area contributed by atoms with Crippen molar-refractivity contribution in [2.45, 2.75) is 25.6 Å². The minimum atomic E-state index is -4.43. The van der Waals surface area contributed by atoms with Gasteiger partial charge in [-0.2, -0.15) is 13.2 Å². The van der Waals surface area contributed by atoms with Gasteiger partial charge in [0.1, 0.15) is 5.76 Å². The van der Waals surface area contributed by atoms with Gasteiger partial charge in [-0.15, -0.1) is 0 Å². The molecule has 0 amide bonds. The summed E-state index contributed by atoms with van der Waals surface area (Å²) in [5.74, 6) is 0.551. The second kappa shape index (κ2) is 5.66. The zero-order chi connectivity index (χ0) is 14.8. The number of aromatic nitrogens is 1. The zero-order valence-electron chi connectivity index (χ0n) is 11.2. The number of hydrogen-bond acceptors (Lipinski definition) is 3. The maximum Gasteiger partial charge on any atom is 0.417 e. The van der Waals surface area contributed by atoms with Crippen LogP contribution >= 0.6 is 0 Å². The lowest BCUT2D eigenvalue weighted by molar-refractivity contribution is -0.137. The van der Waals surface area contributed by atoms with Crippen LogP contribution in [0, 0.1) is 0 Å². The monoisotopic (exact) mass is 284 g/mol. The Morgan fingerprint density at radius 3 is 2.65 bits per heavy atom. The fraction of sp³-hybridized carbons (Fsp3) is 0.357. The van der Waals surface area contributed by atoms with Crippen LogP contribution in [0.25, 0.3) is 11.5 Å². The van der Waals surface area contributed by atoms with Crippen molar-refractivity contribution in [2.75, 3.05) is 7.05 Å². The first kappa shape index (κ1) is 14.6. The summed E-state index contributed by atoms with van der Waals surface area (Å²) >= 11 is 0. The largest absolute Gasteiger partial charge is 0.441 e. The van der Waals surface area contributed by atoms with E-state index in [1.54, 1.807) is 7.05 Å². The van der Waals surface area contributed by atoms with Gasteiger partial charge in [0.15, 0.2) is 0 Å². The van der Waals surface area contributed by atoms with Crippen LogP contribution in [-0.2, 0) is 12.6 Å². The standard InChI is InChI=1S/C14H15F3N2O/c1-9(18-2)7-10-8-19-13(20-10)11-5-3-4-6-12(11)14(15,16)17/h3-6,8-9,18H,7H2,1-2H3. The van der Waals surface area contributed by atoms with Gasteiger partial charge < -0.3 is 9.73 Å². The van der Waals surface area contributed by atoms with Crippen LogP contribution in [-0.4, -0.2) is 18.1 Å². The Bertz CT molecular complexity index is 578. The molecule has 2 rings (SSSR count). The van der Waals surface area contributed by atoms with E-state index in [4.69, 9.17) is 4.42 Å². The van der Waals surface area contributed by atoms with E-state index < -0.39 is 11.7 Å². The van der Waals surface area contributed by atoms with Crippen LogP contribution in [0.5, 0.6) is 0 Å². The Kier molecular flexibility index (Phi) is 4.13. The molecule has 0 aliphatic heterocycles. The lowest BCUT2D eigenvalue weighted by Crippen LogP contribution is -2.23. The van der Waals surface area contributed by atoms with Crippen LogP contribution in [0.4, 0.5) is 13.2 Å². The molecular weight excluding hydrogens is 269 g/mol. The van der Waals surface area contributed by atoms with Gasteiger partial charge in [-0.25, -0.2) is 4.98 Å². The molecule has 0 saturated heterocycles. The van der Waals surface area contributed by atoms with Crippen LogP contribution < -0.4 is 5.32 Å². The molecule has 3 nitrogen and oxygen atoms in total. The third kappa shape index (κ3) is 3.19. The highest BCUT2D eigenvalue weighted by atomic mass is 19.4. The van der Waals surface area contributed by atoms with Gasteiger partial charge in [-0.1, -0.05) is 12.1 Å². The van der Waals surface area contributed by atoms with E-state index in [9.17, 15) is 13.2 Å².